The molecule has 6 nitrogen and oxygen atoms in total. The smallest absolute Gasteiger partial charge is 0.401 e. The number of hydrogen-bond acceptors (Lipinski definition) is 5. The van der Waals surface area contributed by atoms with E-state index >= 15 is 0 Å². The summed E-state index contributed by atoms with van der Waals surface area (Å²) >= 11 is 2.61. The molecule has 0 aliphatic rings. The van der Waals surface area contributed by atoms with Gasteiger partial charge in [0.2, 0.25) is 0 Å². The summed E-state index contributed by atoms with van der Waals surface area (Å²) in [6, 6.07) is 1.27. The number of nitrogens with zero attached hydrogens (tertiary/aromatic N) is 3. The number of hydrogen-bond donors (Lipinski definition) is 0. The van der Waals surface area contributed by atoms with Gasteiger partial charge in [-0.15, -0.1) is 13.2 Å². The zero-order valence-corrected chi connectivity index (χ0v) is 9.24. The van der Waals surface area contributed by atoms with Gasteiger partial charge in [0, 0.05) is 0 Å². The van der Waals surface area contributed by atoms with E-state index in [0.29, 0.717) is 6.20 Å². The Morgan fingerprint density at radius 3 is 2.59 bits per heavy atom. The van der Waals surface area contributed by atoms with Gasteiger partial charge in [-0.1, -0.05) is 0 Å². The normalized spacial score (nSPS) is 10.8. The van der Waals surface area contributed by atoms with Crippen LogP contribution in [0.5, 0.6) is 5.75 Å². The number of nitro groups is 1. The van der Waals surface area contributed by atoms with Crippen molar-refractivity contribution in [3.63, 3.8) is 0 Å². The Bertz CT molecular complexity index is 512. The van der Waals surface area contributed by atoms with Gasteiger partial charge in [-0.3, -0.25) is 10.1 Å². The van der Waals surface area contributed by atoms with Gasteiger partial charge in [0.15, 0.2) is 11.3 Å². The summed E-state index contributed by atoms with van der Waals surface area (Å²) < 4.78 is 39.1. The van der Waals surface area contributed by atoms with Crippen LogP contribution in [0.2, 0.25) is 0 Å². The minimum atomic E-state index is -5.08. The Kier molecular flexibility index (Phi) is 3.52. The van der Waals surface area contributed by atoms with Gasteiger partial charge < -0.3 is 4.74 Å². The average molecular weight is 312 g/mol. The number of nitriles is 1. The van der Waals surface area contributed by atoms with Crippen LogP contribution in [0.3, 0.4) is 0 Å². The third-order valence-electron chi connectivity index (χ3n) is 1.50. The fourth-order valence-electron chi connectivity index (χ4n) is 0.916. The second-order valence-electron chi connectivity index (χ2n) is 2.56. The summed E-state index contributed by atoms with van der Waals surface area (Å²) in [5.41, 5.74) is -1.72. The van der Waals surface area contributed by atoms with Crippen LogP contribution in [0.4, 0.5) is 18.9 Å². The van der Waals surface area contributed by atoms with Crippen molar-refractivity contribution in [2.75, 3.05) is 0 Å². The minimum Gasteiger partial charge on any atom is -0.401 e. The lowest BCUT2D eigenvalue weighted by Gasteiger charge is -2.10. The Balaban J connectivity index is 3.42. The summed E-state index contributed by atoms with van der Waals surface area (Å²) in [7, 11) is 0. The first-order chi connectivity index (χ1) is 7.76. The highest BCUT2D eigenvalue weighted by Gasteiger charge is 2.35. The molecule has 0 spiro atoms. The molecule has 0 radical (unpaired) electrons. The number of ether oxygens (including phenoxy) is 1. The molecule has 0 fully saturated rings. The molecular weight excluding hydrogens is 311 g/mol. The molecule has 0 amide bonds. The number of pyridine rings is 1. The van der Waals surface area contributed by atoms with Gasteiger partial charge in [-0.05, 0) is 15.9 Å². The zero-order valence-electron chi connectivity index (χ0n) is 7.66. The summed E-state index contributed by atoms with van der Waals surface area (Å²) in [6.45, 7) is 0. The molecule has 0 aliphatic heterocycles. The van der Waals surface area contributed by atoms with E-state index in [1.165, 1.54) is 6.07 Å². The number of alkyl halides is 3. The third-order valence-corrected chi connectivity index (χ3v) is 2.06. The lowest BCUT2D eigenvalue weighted by Crippen LogP contribution is -2.18. The molecule has 0 bridgehead atoms. The average Bonchev–Trinajstić information content (AvgIpc) is 2.18. The van der Waals surface area contributed by atoms with Crippen molar-refractivity contribution >= 4 is 21.6 Å². The lowest BCUT2D eigenvalue weighted by molar-refractivity contribution is -0.385. The SMILES string of the molecule is N#Cc1c([N+](=O)[O-])cnc(Br)c1OC(F)(F)F. The molecule has 0 atom stereocenters. The van der Waals surface area contributed by atoms with Crippen molar-refractivity contribution in [1.29, 1.82) is 5.26 Å². The molecule has 0 unspecified atom stereocenters. The maximum Gasteiger partial charge on any atom is 0.573 e. The molecule has 10 heteroatoms. The van der Waals surface area contributed by atoms with Gasteiger partial charge in [-0.2, -0.15) is 5.26 Å². The molecule has 1 aromatic heterocycles. The second kappa shape index (κ2) is 4.54. The number of aromatic nitrogens is 1. The van der Waals surface area contributed by atoms with Crippen LogP contribution in [0.1, 0.15) is 5.56 Å². The van der Waals surface area contributed by atoms with Crippen LogP contribution in [-0.2, 0) is 0 Å². The first kappa shape index (κ1) is 13.2. The first-order valence-corrected chi connectivity index (χ1v) is 4.54. The van der Waals surface area contributed by atoms with Crippen LogP contribution in [0, 0.1) is 21.4 Å². The van der Waals surface area contributed by atoms with Gasteiger partial charge in [0.05, 0.1) is 4.92 Å². The highest BCUT2D eigenvalue weighted by atomic mass is 79.9. The van der Waals surface area contributed by atoms with Gasteiger partial charge >= 0.3 is 12.0 Å². The summed E-state index contributed by atoms with van der Waals surface area (Å²) in [5, 5.41) is 19.1. The van der Waals surface area contributed by atoms with Crippen LogP contribution in [-0.4, -0.2) is 16.3 Å². The van der Waals surface area contributed by atoms with E-state index in [-0.39, 0.29) is 0 Å². The summed E-state index contributed by atoms with van der Waals surface area (Å²) in [6.07, 6.45) is -4.42. The molecule has 0 saturated heterocycles. The highest BCUT2D eigenvalue weighted by Crippen LogP contribution is 2.36. The van der Waals surface area contributed by atoms with E-state index < -0.39 is 32.9 Å². The van der Waals surface area contributed by atoms with Crippen molar-refractivity contribution in [3.05, 3.63) is 26.5 Å². The van der Waals surface area contributed by atoms with E-state index in [0.717, 1.165) is 0 Å². The van der Waals surface area contributed by atoms with Gasteiger partial charge in [-0.25, -0.2) is 4.98 Å². The van der Waals surface area contributed by atoms with E-state index in [1.807, 2.05) is 0 Å². The van der Waals surface area contributed by atoms with Gasteiger partial charge in [0.25, 0.3) is 0 Å². The Hall–Kier alpha value is -1.89. The fourth-order valence-corrected chi connectivity index (χ4v) is 1.30. The molecule has 17 heavy (non-hydrogen) atoms. The maximum atomic E-state index is 12.0. The van der Waals surface area contributed by atoms with Crippen molar-refractivity contribution in [1.82, 2.24) is 4.98 Å². The lowest BCUT2D eigenvalue weighted by atomic mass is 10.2. The summed E-state index contributed by atoms with van der Waals surface area (Å²) in [4.78, 5) is 12.7. The van der Waals surface area contributed by atoms with Crippen LogP contribution >= 0.6 is 15.9 Å². The number of halogens is 4. The number of rotatable bonds is 2. The van der Waals surface area contributed by atoms with Crippen LogP contribution in [0.25, 0.3) is 0 Å². The standard InChI is InChI=1S/C7HBrF3N3O3/c8-6-5(17-7(9,10)11)3(1-12)4(2-13-6)14(15)16/h2H. The molecule has 0 aliphatic carbocycles. The van der Waals surface area contributed by atoms with Gasteiger partial charge in [0.1, 0.15) is 16.9 Å². The molecule has 1 heterocycles. The molecular formula is C7HBrF3N3O3. The Morgan fingerprint density at radius 1 is 1.59 bits per heavy atom. The zero-order chi connectivity index (χ0) is 13.2. The first-order valence-electron chi connectivity index (χ1n) is 3.75. The monoisotopic (exact) mass is 311 g/mol. The van der Waals surface area contributed by atoms with Crippen LogP contribution < -0.4 is 4.74 Å². The van der Waals surface area contributed by atoms with E-state index in [9.17, 15) is 23.3 Å². The quantitative estimate of drug-likeness (QED) is 0.475. The van der Waals surface area contributed by atoms with Crippen molar-refractivity contribution in [2.45, 2.75) is 6.36 Å². The fraction of sp³-hybridized carbons (Fsp3) is 0.143. The topological polar surface area (TPSA) is 89.0 Å². The van der Waals surface area contributed by atoms with E-state index in [4.69, 9.17) is 5.26 Å². The molecule has 0 aromatic carbocycles. The van der Waals surface area contributed by atoms with Crippen molar-refractivity contribution in [3.8, 4) is 11.8 Å². The minimum absolute atomic E-state index is 0.447. The second-order valence-corrected chi connectivity index (χ2v) is 3.31. The Morgan fingerprint density at radius 2 is 2.18 bits per heavy atom. The van der Waals surface area contributed by atoms with E-state index in [2.05, 4.69) is 25.7 Å². The van der Waals surface area contributed by atoms with Crippen molar-refractivity contribution < 1.29 is 22.8 Å². The third kappa shape index (κ3) is 3.04. The van der Waals surface area contributed by atoms with E-state index in [1.54, 1.807) is 0 Å². The maximum absolute atomic E-state index is 12.0. The predicted octanol–water partition coefficient (Wildman–Crippen LogP) is 2.52. The molecule has 0 saturated carbocycles. The molecule has 1 aromatic rings. The molecule has 1 rings (SSSR count). The largest absolute Gasteiger partial charge is 0.573 e. The molecule has 0 N–H and O–H groups in total. The Labute approximate surface area is 99.9 Å². The highest BCUT2D eigenvalue weighted by molar-refractivity contribution is 9.10. The summed E-state index contributed by atoms with van der Waals surface area (Å²) in [5.74, 6) is -1.03. The molecule has 90 valence electrons. The van der Waals surface area contributed by atoms with Crippen molar-refractivity contribution in [2.24, 2.45) is 0 Å². The predicted molar refractivity (Wildman–Crippen MR) is 50.0 cm³/mol. The van der Waals surface area contributed by atoms with Crippen LogP contribution in [0.15, 0.2) is 10.8 Å².